The molecule has 2 aliphatic rings. The van der Waals surface area contributed by atoms with Crippen molar-refractivity contribution in [3.05, 3.63) is 23.8 Å². The second-order valence-electron chi connectivity index (χ2n) is 7.08. The summed E-state index contributed by atoms with van der Waals surface area (Å²) in [5.41, 5.74) is 0.356. The molecule has 1 aromatic rings. The molecule has 128 valence electrons. The molecular weight excluding hydrogens is 302 g/mol. The Morgan fingerprint density at radius 1 is 1.21 bits per heavy atom. The van der Waals surface area contributed by atoms with E-state index in [2.05, 4.69) is 6.07 Å². The Kier molecular flexibility index (Phi) is 5.08. The molecule has 0 bridgehead atoms. The maximum Gasteiger partial charge on any atom is 0.161 e. The van der Waals surface area contributed by atoms with E-state index in [0.717, 1.165) is 49.7 Å². The highest BCUT2D eigenvalue weighted by Gasteiger charge is 2.38. The van der Waals surface area contributed by atoms with Gasteiger partial charge in [0.25, 0.3) is 0 Å². The monoisotopic (exact) mass is 327 g/mol. The molecule has 3 rings (SSSR count). The molecule has 2 atom stereocenters. The van der Waals surface area contributed by atoms with Gasteiger partial charge < -0.3 is 14.3 Å². The maximum atomic E-state index is 11.2. The highest BCUT2D eigenvalue weighted by molar-refractivity contribution is 5.56. The predicted octanol–water partition coefficient (Wildman–Crippen LogP) is 4.17. The average Bonchev–Trinajstić information content (AvgIpc) is 3.14. The zero-order valence-corrected chi connectivity index (χ0v) is 14.3. The summed E-state index contributed by atoms with van der Waals surface area (Å²) in [6, 6.07) is 8.31. The molecule has 2 aliphatic carbocycles. The van der Waals surface area contributed by atoms with Gasteiger partial charge in [0.05, 0.1) is 24.7 Å². The fourth-order valence-electron chi connectivity index (χ4n) is 4.11. The van der Waals surface area contributed by atoms with E-state index in [1.54, 1.807) is 7.11 Å². The van der Waals surface area contributed by atoms with Crippen molar-refractivity contribution in [2.45, 2.75) is 62.9 Å². The Morgan fingerprint density at radius 2 is 2.00 bits per heavy atom. The molecule has 0 aromatic heterocycles. The van der Waals surface area contributed by atoms with E-state index in [1.807, 2.05) is 18.2 Å². The number of aldehydes is 1. The lowest BCUT2D eigenvalue weighted by Crippen LogP contribution is -2.32. The normalized spacial score (nSPS) is 27.4. The second-order valence-corrected chi connectivity index (χ2v) is 7.08. The molecule has 0 aliphatic heterocycles. The third-order valence-corrected chi connectivity index (χ3v) is 5.51. The number of carbonyl (C=O) groups excluding carboxylic acids is 1. The molecule has 0 spiro atoms. The predicted molar refractivity (Wildman–Crippen MR) is 91.2 cm³/mol. The van der Waals surface area contributed by atoms with E-state index in [0.29, 0.717) is 12.2 Å². The number of methoxy groups -OCH3 is 1. The zero-order valence-electron chi connectivity index (χ0n) is 14.3. The van der Waals surface area contributed by atoms with E-state index >= 15 is 0 Å². The van der Waals surface area contributed by atoms with Crippen LogP contribution in [0.4, 0.5) is 0 Å². The Balaban J connectivity index is 1.91. The Labute approximate surface area is 143 Å². The smallest absolute Gasteiger partial charge is 0.161 e. The third-order valence-electron chi connectivity index (χ3n) is 5.51. The highest BCUT2D eigenvalue weighted by atomic mass is 16.5. The van der Waals surface area contributed by atoms with Gasteiger partial charge in [0.2, 0.25) is 0 Å². The third kappa shape index (κ3) is 3.26. The minimum absolute atomic E-state index is 0.0281. The van der Waals surface area contributed by atoms with Crippen LogP contribution in [-0.2, 0) is 10.2 Å². The van der Waals surface area contributed by atoms with Crippen LogP contribution in [0.3, 0.4) is 0 Å². The molecule has 2 saturated carbocycles. The number of carbonyl (C=O) groups is 1. The Bertz CT molecular complexity index is 630. The van der Waals surface area contributed by atoms with Crippen LogP contribution in [0.15, 0.2) is 18.2 Å². The number of benzene rings is 1. The first-order chi connectivity index (χ1) is 11.7. The molecule has 0 radical (unpaired) electrons. The van der Waals surface area contributed by atoms with Gasteiger partial charge in [0.15, 0.2) is 11.5 Å². The fourth-order valence-corrected chi connectivity index (χ4v) is 4.11. The number of rotatable bonds is 5. The van der Waals surface area contributed by atoms with Gasteiger partial charge in [-0.15, -0.1) is 0 Å². The zero-order chi connectivity index (χ0) is 17.0. The van der Waals surface area contributed by atoms with Gasteiger partial charge in [-0.05, 0) is 62.6 Å². The first-order valence-corrected chi connectivity index (χ1v) is 8.92. The first-order valence-electron chi connectivity index (χ1n) is 8.92. The molecule has 4 heteroatoms. The average molecular weight is 327 g/mol. The van der Waals surface area contributed by atoms with E-state index in [-0.39, 0.29) is 12.0 Å². The summed E-state index contributed by atoms with van der Waals surface area (Å²) in [5.74, 6) is 1.41. The minimum atomic E-state index is -0.593. The van der Waals surface area contributed by atoms with Gasteiger partial charge in [-0.25, -0.2) is 0 Å². The van der Waals surface area contributed by atoms with Crippen LogP contribution >= 0.6 is 0 Å². The molecule has 0 saturated heterocycles. The summed E-state index contributed by atoms with van der Waals surface area (Å²) >= 11 is 0. The van der Waals surface area contributed by atoms with Crippen LogP contribution < -0.4 is 9.47 Å². The Hall–Kier alpha value is -2.02. The van der Waals surface area contributed by atoms with Crippen molar-refractivity contribution < 1.29 is 14.3 Å². The molecule has 0 amide bonds. The summed E-state index contributed by atoms with van der Waals surface area (Å²) in [6.45, 7) is 0. The molecule has 0 heterocycles. The molecule has 4 nitrogen and oxygen atoms in total. The van der Waals surface area contributed by atoms with Crippen LogP contribution in [0.1, 0.15) is 56.9 Å². The lowest BCUT2D eigenvalue weighted by Gasteiger charge is -2.34. The van der Waals surface area contributed by atoms with Crippen molar-refractivity contribution in [1.82, 2.24) is 0 Å². The molecule has 0 N–H and O–H groups in total. The molecule has 2 fully saturated rings. The SMILES string of the molecule is COc1ccc(C2(C#N)CCCC(C=O)C2)cc1OC1CCCC1. The van der Waals surface area contributed by atoms with Gasteiger partial charge in [-0.1, -0.05) is 12.5 Å². The lowest BCUT2D eigenvalue weighted by molar-refractivity contribution is -0.112. The topological polar surface area (TPSA) is 59.3 Å². The number of hydrogen-bond acceptors (Lipinski definition) is 4. The van der Waals surface area contributed by atoms with Crippen molar-refractivity contribution in [3.63, 3.8) is 0 Å². The summed E-state index contributed by atoms with van der Waals surface area (Å²) < 4.78 is 11.6. The largest absolute Gasteiger partial charge is 0.493 e. The first kappa shape index (κ1) is 16.8. The number of nitriles is 1. The summed E-state index contributed by atoms with van der Waals surface area (Å²) in [4.78, 5) is 11.2. The molecule has 2 unspecified atom stereocenters. The quantitative estimate of drug-likeness (QED) is 0.762. The molecule has 24 heavy (non-hydrogen) atoms. The van der Waals surface area contributed by atoms with E-state index in [4.69, 9.17) is 9.47 Å². The molecular formula is C20H25NO3. The van der Waals surface area contributed by atoms with Gasteiger partial charge in [0.1, 0.15) is 6.29 Å². The standard InChI is InChI=1S/C20H25NO3/c1-23-18-9-8-16(11-19(18)24-17-6-2-3-7-17)20(14-21)10-4-5-15(12-20)13-22/h8-9,11,13,15,17H,2-7,10,12H2,1H3. The lowest BCUT2D eigenvalue weighted by atomic mass is 9.67. The van der Waals surface area contributed by atoms with Crippen molar-refractivity contribution in [1.29, 1.82) is 5.26 Å². The summed E-state index contributed by atoms with van der Waals surface area (Å²) in [7, 11) is 1.64. The maximum absolute atomic E-state index is 11.2. The van der Waals surface area contributed by atoms with Crippen LogP contribution in [0.2, 0.25) is 0 Å². The number of ether oxygens (including phenoxy) is 2. The summed E-state index contributed by atoms with van der Waals surface area (Å²) in [5, 5.41) is 9.87. The highest BCUT2D eigenvalue weighted by Crippen LogP contribution is 2.44. The van der Waals surface area contributed by atoms with Crippen molar-refractivity contribution in [2.24, 2.45) is 5.92 Å². The van der Waals surface area contributed by atoms with Crippen molar-refractivity contribution >= 4 is 6.29 Å². The minimum Gasteiger partial charge on any atom is -0.493 e. The fraction of sp³-hybridized carbons (Fsp3) is 0.600. The molecule has 1 aromatic carbocycles. The Morgan fingerprint density at radius 3 is 2.67 bits per heavy atom. The number of nitrogens with zero attached hydrogens (tertiary/aromatic N) is 1. The van der Waals surface area contributed by atoms with Gasteiger partial charge in [0, 0.05) is 5.92 Å². The van der Waals surface area contributed by atoms with E-state index in [1.165, 1.54) is 12.8 Å². The van der Waals surface area contributed by atoms with E-state index < -0.39 is 5.41 Å². The second kappa shape index (κ2) is 7.25. The summed E-state index contributed by atoms with van der Waals surface area (Å²) in [6.07, 6.45) is 8.98. The van der Waals surface area contributed by atoms with Crippen LogP contribution in [0.25, 0.3) is 0 Å². The van der Waals surface area contributed by atoms with Gasteiger partial charge in [-0.2, -0.15) is 5.26 Å². The number of hydrogen-bond donors (Lipinski definition) is 0. The van der Waals surface area contributed by atoms with E-state index in [9.17, 15) is 10.1 Å². The van der Waals surface area contributed by atoms with Crippen molar-refractivity contribution in [2.75, 3.05) is 7.11 Å². The van der Waals surface area contributed by atoms with Crippen LogP contribution in [0, 0.1) is 17.2 Å². The van der Waals surface area contributed by atoms with Crippen LogP contribution in [-0.4, -0.2) is 19.5 Å². The van der Waals surface area contributed by atoms with Crippen molar-refractivity contribution in [3.8, 4) is 17.6 Å². The van der Waals surface area contributed by atoms with Gasteiger partial charge in [-0.3, -0.25) is 0 Å². The van der Waals surface area contributed by atoms with Crippen LogP contribution in [0.5, 0.6) is 11.5 Å². The van der Waals surface area contributed by atoms with Gasteiger partial charge >= 0.3 is 0 Å².